The van der Waals surface area contributed by atoms with E-state index in [2.05, 4.69) is 10.2 Å². The predicted octanol–water partition coefficient (Wildman–Crippen LogP) is 3.54. The number of carbonyl (C=O) groups excluding carboxylic acids is 3. The molecule has 4 amide bonds. The SMILES string of the molecule is Cc1ccsc1C(=O)N1CCC(C2(Cc3ccccc3)NC(=O)N(CCN3CCCC3)C2=O)CC1. The van der Waals surface area contributed by atoms with E-state index in [-0.39, 0.29) is 23.8 Å². The van der Waals surface area contributed by atoms with Gasteiger partial charge in [0.05, 0.1) is 4.88 Å². The van der Waals surface area contributed by atoms with Crippen molar-refractivity contribution >= 4 is 29.2 Å². The van der Waals surface area contributed by atoms with Gasteiger partial charge in [-0.1, -0.05) is 30.3 Å². The summed E-state index contributed by atoms with van der Waals surface area (Å²) >= 11 is 1.48. The Balaban J connectivity index is 1.34. The number of hydrogen-bond donors (Lipinski definition) is 1. The molecule has 3 aliphatic heterocycles. The Hall–Kier alpha value is -2.71. The second-order valence-corrected chi connectivity index (χ2v) is 11.0. The van der Waals surface area contributed by atoms with Crippen LogP contribution >= 0.6 is 11.3 Å². The van der Waals surface area contributed by atoms with E-state index in [1.807, 2.05) is 53.6 Å². The third-order valence-corrected chi connectivity index (χ3v) is 8.91. The van der Waals surface area contributed by atoms with Gasteiger partial charge in [0.1, 0.15) is 5.54 Å². The molecule has 0 radical (unpaired) electrons. The van der Waals surface area contributed by atoms with Crippen LogP contribution in [0.2, 0.25) is 0 Å². The van der Waals surface area contributed by atoms with Crippen molar-refractivity contribution in [3.05, 3.63) is 57.8 Å². The first kappa shape index (κ1) is 24.0. The molecule has 1 atom stereocenters. The molecule has 3 fully saturated rings. The number of piperidine rings is 1. The second kappa shape index (κ2) is 10.1. The van der Waals surface area contributed by atoms with Gasteiger partial charge in [0, 0.05) is 32.6 Å². The first-order valence-electron chi connectivity index (χ1n) is 12.7. The first-order valence-corrected chi connectivity index (χ1v) is 13.6. The number of urea groups is 1. The molecule has 2 aromatic rings. The summed E-state index contributed by atoms with van der Waals surface area (Å²) in [5.41, 5.74) is 1.09. The minimum absolute atomic E-state index is 0.0237. The lowest BCUT2D eigenvalue weighted by Gasteiger charge is -2.41. The van der Waals surface area contributed by atoms with Crippen LogP contribution in [0.15, 0.2) is 41.8 Å². The average Bonchev–Trinajstić information content (AvgIpc) is 3.60. The molecule has 7 nitrogen and oxygen atoms in total. The van der Waals surface area contributed by atoms with E-state index in [4.69, 9.17) is 0 Å². The molecule has 0 aliphatic carbocycles. The van der Waals surface area contributed by atoms with Crippen LogP contribution < -0.4 is 5.32 Å². The monoisotopic (exact) mass is 494 g/mol. The molecule has 3 saturated heterocycles. The van der Waals surface area contributed by atoms with Crippen LogP contribution in [0.1, 0.15) is 46.5 Å². The topological polar surface area (TPSA) is 73.0 Å². The van der Waals surface area contributed by atoms with Gasteiger partial charge in [-0.2, -0.15) is 0 Å². The van der Waals surface area contributed by atoms with Crippen molar-refractivity contribution in [2.45, 2.75) is 44.6 Å². The summed E-state index contributed by atoms with van der Waals surface area (Å²) in [5, 5.41) is 5.11. The Bertz CT molecular complexity index is 1070. The summed E-state index contributed by atoms with van der Waals surface area (Å²) in [6, 6.07) is 11.6. The molecule has 1 aromatic carbocycles. The fourth-order valence-electron chi connectivity index (χ4n) is 5.87. The van der Waals surface area contributed by atoms with Gasteiger partial charge in [0.2, 0.25) is 0 Å². The number of nitrogens with one attached hydrogen (secondary N) is 1. The van der Waals surface area contributed by atoms with E-state index in [1.165, 1.54) is 29.1 Å². The number of likely N-dealkylation sites (tertiary alicyclic amines) is 2. The van der Waals surface area contributed by atoms with Crippen molar-refractivity contribution in [3.8, 4) is 0 Å². The van der Waals surface area contributed by atoms with Gasteiger partial charge < -0.3 is 15.1 Å². The molecule has 0 bridgehead atoms. The van der Waals surface area contributed by atoms with E-state index in [9.17, 15) is 14.4 Å². The Morgan fingerprint density at radius 3 is 2.40 bits per heavy atom. The maximum atomic E-state index is 13.9. The van der Waals surface area contributed by atoms with Gasteiger partial charge in [0.25, 0.3) is 11.8 Å². The van der Waals surface area contributed by atoms with E-state index in [0.29, 0.717) is 38.9 Å². The van der Waals surface area contributed by atoms with Crippen molar-refractivity contribution in [2.24, 2.45) is 5.92 Å². The van der Waals surface area contributed by atoms with Crippen molar-refractivity contribution in [2.75, 3.05) is 39.3 Å². The first-order chi connectivity index (χ1) is 17.0. The molecular weight excluding hydrogens is 460 g/mol. The molecule has 186 valence electrons. The highest BCUT2D eigenvalue weighted by atomic mass is 32.1. The van der Waals surface area contributed by atoms with Crippen molar-refractivity contribution < 1.29 is 14.4 Å². The lowest BCUT2D eigenvalue weighted by atomic mass is 9.74. The average molecular weight is 495 g/mol. The van der Waals surface area contributed by atoms with Gasteiger partial charge in [0.15, 0.2) is 0 Å². The molecule has 0 spiro atoms. The van der Waals surface area contributed by atoms with Gasteiger partial charge in [-0.25, -0.2) is 4.79 Å². The van der Waals surface area contributed by atoms with Crippen molar-refractivity contribution in [1.29, 1.82) is 0 Å². The number of imide groups is 1. The number of aryl methyl sites for hydroxylation is 1. The van der Waals surface area contributed by atoms with Crippen LogP contribution in [-0.4, -0.2) is 77.4 Å². The smallest absolute Gasteiger partial charge is 0.325 e. The summed E-state index contributed by atoms with van der Waals surface area (Å²) in [6.07, 6.45) is 4.21. The zero-order valence-corrected chi connectivity index (χ0v) is 21.2. The molecular formula is C27H34N4O3S. The number of thiophene rings is 1. The maximum absolute atomic E-state index is 13.9. The van der Waals surface area contributed by atoms with Gasteiger partial charge in [-0.15, -0.1) is 11.3 Å². The Morgan fingerprint density at radius 2 is 1.74 bits per heavy atom. The predicted molar refractivity (Wildman–Crippen MR) is 136 cm³/mol. The second-order valence-electron chi connectivity index (χ2n) is 10.1. The molecule has 8 heteroatoms. The number of carbonyl (C=O) groups is 3. The third kappa shape index (κ3) is 4.74. The fourth-order valence-corrected chi connectivity index (χ4v) is 6.76. The fraction of sp³-hybridized carbons (Fsp3) is 0.519. The largest absolute Gasteiger partial charge is 0.338 e. The standard InChI is InChI=1S/C27H34N4O3S/c1-20-11-18-35-23(20)24(32)30-14-9-22(10-15-30)27(19-21-7-3-2-4-8-21)25(33)31(26(34)28-27)17-16-29-12-5-6-13-29/h2-4,7-8,11,18,22H,5-6,9-10,12-17,19H2,1H3,(H,28,34). The molecule has 4 heterocycles. The van der Waals surface area contributed by atoms with Gasteiger partial charge in [-0.3, -0.25) is 14.5 Å². The molecule has 5 rings (SSSR count). The van der Waals surface area contributed by atoms with Crippen LogP contribution in [-0.2, 0) is 11.2 Å². The van der Waals surface area contributed by atoms with Crippen LogP contribution in [0.3, 0.4) is 0 Å². The molecule has 35 heavy (non-hydrogen) atoms. The number of benzene rings is 1. The lowest BCUT2D eigenvalue weighted by molar-refractivity contribution is -0.134. The van der Waals surface area contributed by atoms with Crippen molar-refractivity contribution in [3.63, 3.8) is 0 Å². The molecule has 1 unspecified atom stereocenters. The highest BCUT2D eigenvalue weighted by Crippen LogP contribution is 2.37. The summed E-state index contributed by atoms with van der Waals surface area (Å²) in [5.74, 6) is -0.0593. The van der Waals surface area contributed by atoms with E-state index < -0.39 is 5.54 Å². The molecule has 1 N–H and O–H groups in total. The lowest BCUT2D eigenvalue weighted by Crippen LogP contribution is -2.58. The Morgan fingerprint density at radius 1 is 1.03 bits per heavy atom. The Kier molecular flexibility index (Phi) is 6.93. The quantitative estimate of drug-likeness (QED) is 0.598. The summed E-state index contributed by atoms with van der Waals surface area (Å²) in [6.45, 7) is 6.38. The molecule has 3 aliphatic rings. The van der Waals surface area contributed by atoms with Crippen molar-refractivity contribution in [1.82, 2.24) is 20.0 Å². The highest BCUT2D eigenvalue weighted by molar-refractivity contribution is 7.12. The Labute approximate surface area is 211 Å². The molecule has 1 aromatic heterocycles. The van der Waals surface area contributed by atoms with E-state index in [1.54, 1.807) is 0 Å². The van der Waals surface area contributed by atoms with Crippen LogP contribution in [0.25, 0.3) is 0 Å². The zero-order chi connectivity index (χ0) is 24.4. The number of hydrogen-bond acceptors (Lipinski definition) is 5. The van der Waals surface area contributed by atoms with E-state index in [0.717, 1.165) is 35.6 Å². The van der Waals surface area contributed by atoms with Crippen LogP contribution in [0.4, 0.5) is 4.79 Å². The summed E-state index contributed by atoms with van der Waals surface area (Å²) < 4.78 is 0. The number of amides is 4. The number of nitrogens with zero attached hydrogens (tertiary/aromatic N) is 3. The minimum atomic E-state index is -0.961. The third-order valence-electron chi connectivity index (χ3n) is 7.90. The summed E-state index contributed by atoms with van der Waals surface area (Å²) in [7, 11) is 0. The van der Waals surface area contributed by atoms with Gasteiger partial charge >= 0.3 is 6.03 Å². The number of rotatable bonds is 7. The molecule has 0 saturated carbocycles. The zero-order valence-electron chi connectivity index (χ0n) is 20.4. The van der Waals surface area contributed by atoms with Crippen LogP contribution in [0.5, 0.6) is 0 Å². The maximum Gasteiger partial charge on any atom is 0.325 e. The summed E-state index contributed by atoms with van der Waals surface area (Å²) in [4.78, 5) is 46.6. The van der Waals surface area contributed by atoms with Crippen LogP contribution in [0, 0.1) is 12.8 Å². The normalized spacial score (nSPS) is 23.8. The van der Waals surface area contributed by atoms with E-state index >= 15 is 0 Å². The minimum Gasteiger partial charge on any atom is -0.338 e. The highest BCUT2D eigenvalue weighted by Gasteiger charge is 2.56. The van der Waals surface area contributed by atoms with Gasteiger partial charge in [-0.05, 0) is 74.2 Å².